The summed E-state index contributed by atoms with van der Waals surface area (Å²) in [4.78, 5) is 7.82. The van der Waals surface area contributed by atoms with Gasteiger partial charge in [-0.1, -0.05) is 30.3 Å². The summed E-state index contributed by atoms with van der Waals surface area (Å²) in [6.45, 7) is 2.49. The third-order valence-electron chi connectivity index (χ3n) is 2.47. The average molecular weight is 243 g/mol. The average Bonchev–Trinajstić information content (AvgIpc) is 2.45. The summed E-state index contributed by atoms with van der Waals surface area (Å²) in [5.74, 6) is 0.632. The number of nitrogens with zero attached hydrogens (tertiary/aromatic N) is 2. The van der Waals surface area contributed by atoms with Gasteiger partial charge in [0.25, 0.3) is 0 Å². The second-order valence-electron chi connectivity index (χ2n) is 3.91. The molecule has 0 aliphatic rings. The van der Waals surface area contributed by atoms with Gasteiger partial charge in [-0.25, -0.2) is 9.97 Å². The van der Waals surface area contributed by atoms with Crippen LogP contribution in [0.25, 0.3) is 0 Å². The fourth-order valence-corrected chi connectivity index (χ4v) is 1.57. The fraction of sp³-hybridized carbons (Fsp3) is 0.286. The second-order valence-corrected chi connectivity index (χ2v) is 3.91. The lowest BCUT2D eigenvalue weighted by Gasteiger charge is -2.06. The topological polar surface area (TPSA) is 47.0 Å². The van der Waals surface area contributed by atoms with Crippen molar-refractivity contribution in [2.24, 2.45) is 0 Å². The molecule has 1 aromatic heterocycles. The zero-order chi connectivity index (χ0) is 12.5. The predicted octanol–water partition coefficient (Wildman–Crippen LogP) is 2.04. The Morgan fingerprint density at radius 2 is 2.00 bits per heavy atom. The molecule has 0 atom stereocenters. The second kappa shape index (κ2) is 7.40. The summed E-state index contributed by atoms with van der Waals surface area (Å²) in [5, 5.41) is 3.38. The van der Waals surface area contributed by atoms with Crippen molar-refractivity contribution in [1.29, 1.82) is 0 Å². The summed E-state index contributed by atoms with van der Waals surface area (Å²) < 4.78 is 5.47. The molecular formula is C14H17N3O. The minimum atomic E-state index is 0.632. The molecule has 2 rings (SSSR count). The van der Waals surface area contributed by atoms with Gasteiger partial charge in [0.2, 0.25) is 5.88 Å². The third kappa shape index (κ3) is 4.51. The van der Waals surface area contributed by atoms with Gasteiger partial charge in [-0.2, -0.15) is 0 Å². The normalized spacial score (nSPS) is 10.2. The molecule has 0 saturated heterocycles. The number of hydrogen-bond donors (Lipinski definition) is 1. The SMILES string of the molecule is c1ccc(CNCCCOc2ccncn2)cc1. The number of aromatic nitrogens is 2. The van der Waals surface area contributed by atoms with E-state index in [4.69, 9.17) is 4.74 Å². The van der Waals surface area contributed by atoms with Crippen molar-refractivity contribution in [2.75, 3.05) is 13.2 Å². The molecule has 1 aromatic carbocycles. The van der Waals surface area contributed by atoms with E-state index in [0.717, 1.165) is 19.5 Å². The van der Waals surface area contributed by atoms with Gasteiger partial charge in [0.05, 0.1) is 6.61 Å². The number of benzene rings is 1. The molecule has 0 radical (unpaired) electrons. The number of ether oxygens (including phenoxy) is 1. The van der Waals surface area contributed by atoms with E-state index in [2.05, 4.69) is 39.6 Å². The first-order valence-corrected chi connectivity index (χ1v) is 6.08. The maximum atomic E-state index is 5.47. The minimum Gasteiger partial charge on any atom is -0.478 e. The van der Waals surface area contributed by atoms with Crippen LogP contribution in [0.2, 0.25) is 0 Å². The van der Waals surface area contributed by atoms with E-state index < -0.39 is 0 Å². The van der Waals surface area contributed by atoms with E-state index in [1.165, 1.54) is 11.9 Å². The first-order valence-electron chi connectivity index (χ1n) is 6.08. The molecule has 0 aliphatic carbocycles. The van der Waals surface area contributed by atoms with Crippen LogP contribution in [0.15, 0.2) is 48.9 Å². The maximum absolute atomic E-state index is 5.47. The molecule has 0 spiro atoms. The van der Waals surface area contributed by atoms with Gasteiger partial charge in [-0.3, -0.25) is 0 Å². The molecule has 0 fully saturated rings. The lowest BCUT2D eigenvalue weighted by molar-refractivity contribution is 0.296. The molecule has 1 N–H and O–H groups in total. The van der Waals surface area contributed by atoms with E-state index in [1.807, 2.05) is 6.07 Å². The Hall–Kier alpha value is -1.94. The molecule has 1 heterocycles. The van der Waals surface area contributed by atoms with Gasteiger partial charge < -0.3 is 10.1 Å². The Labute approximate surface area is 107 Å². The van der Waals surface area contributed by atoms with Crippen LogP contribution in [0, 0.1) is 0 Å². The van der Waals surface area contributed by atoms with E-state index in [1.54, 1.807) is 12.3 Å². The summed E-state index contributed by atoms with van der Waals surface area (Å²) in [6.07, 6.45) is 4.12. The van der Waals surface area contributed by atoms with Crippen molar-refractivity contribution in [3.05, 3.63) is 54.5 Å². The molecule has 4 heteroatoms. The quantitative estimate of drug-likeness (QED) is 0.756. The van der Waals surface area contributed by atoms with Gasteiger partial charge in [-0.05, 0) is 18.5 Å². The number of hydrogen-bond acceptors (Lipinski definition) is 4. The number of rotatable bonds is 7. The summed E-state index contributed by atoms with van der Waals surface area (Å²) in [5.41, 5.74) is 1.30. The van der Waals surface area contributed by atoms with Crippen LogP contribution in [-0.4, -0.2) is 23.1 Å². The minimum absolute atomic E-state index is 0.632. The van der Waals surface area contributed by atoms with E-state index in [0.29, 0.717) is 12.5 Å². The number of nitrogens with one attached hydrogen (secondary N) is 1. The summed E-state index contributed by atoms with van der Waals surface area (Å²) in [7, 11) is 0. The molecule has 4 nitrogen and oxygen atoms in total. The van der Waals surface area contributed by atoms with Gasteiger partial charge in [0.15, 0.2) is 0 Å². The first-order chi connectivity index (χ1) is 8.95. The summed E-state index contributed by atoms with van der Waals surface area (Å²) >= 11 is 0. The highest BCUT2D eigenvalue weighted by Crippen LogP contribution is 2.01. The van der Waals surface area contributed by atoms with E-state index >= 15 is 0 Å². The lowest BCUT2D eigenvalue weighted by atomic mass is 10.2. The third-order valence-corrected chi connectivity index (χ3v) is 2.47. The van der Waals surface area contributed by atoms with Gasteiger partial charge >= 0.3 is 0 Å². The Morgan fingerprint density at radius 1 is 1.11 bits per heavy atom. The largest absolute Gasteiger partial charge is 0.478 e. The highest BCUT2D eigenvalue weighted by molar-refractivity contribution is 5.14. The molecule has 0 amide bonds. The Morgan fingerprint density at radius 3 is 2.78 bits per heavy atom. The van der Waals surface area contributed by atoms with Crippen molar-refractivity contribution >= 4 is 0 Å². The summed E-state index contributed by atoms with van der Waals surface area (Å²) in [6, 6.07) is 12.1. The van der Waals surface area contributed by atoms with Crippen LogP contribution < -0.4 is 10.1 Å². The monoisotopic (exact) mass is 243 g/mol. The van der Waals surface area contributed by atoms with Crippen LogP contribution >= 0.6 is 0 Å². The molecule has 2 aromatic rings. The molecule has 0 aliphatic heterocycles. The Bertz CT molecular complexity index is 390. The van der Waals surface area contributed by atoms with Crippen molar-refractivity contribution < 1.29 is 4.74 Å². The van der Waals surface area contributed by atoms with Crippen molar-refractivity contribution in [2.45, 2.75) is 13.0 Å². The smallest absolute Gasteiger partial charge is 0.216 e. The molecule has 0 bridgehead atoms. The van der Waals surface area contributed by atoms with Crippen LogP contribution in [-0.2, 0) is 6.54 Å². The van der Waals surface area contributed by atoms with E-state index in [-0.39, 0.29) is 0 Å². The zero-order valence-electron chi connectivity index (χ0n) is 10.2. The standard InChI is InChI=1S/C14H17N3O/c1-2-5-13(6-3-1)11-15-8-4-10-18-14-7-9-16-12-17-14/h1-3,5-7,9,12,15H,4,8,10-11H2. The molecular weight excluding hydrogens is 226 g/mol. The van der Waals surface area contributed by atoms with Gasteiger partial charge in [0, 0.05) is 18.8 Å². The maximum Gasteiger partial charge on any atom is 0.216 e. The molecule has 0 saturated carbocycles. The zero-order valence-corrected chi connectivity index (χ0v) is 10.2. The van der Waals surface area contributed by atoms with Crippen molar-refractivity contribution in [1.82, 2.24) is 15.3 Å². The van der Waals surface area contributed by atoms with Gasteiger partial charge in [0.1, 0.15) is 6.33 Å². The highest BCUT2D eigenvalue weighted by Gasteiger charge is 1.94. The van der Waals surface area contributed by atoms with Gasteiger partial charge in [-0.15, -0.1) is 0 Å². The van der Waals surface area contributed by atoms with Crippen LogP contribution in [0.5, 0.6) is 5.88 Å². The molecule has 0 unspecified atom stereocenters. The Balaban J connectivity index is 1.54. The molecule has 18 heavy (non-hydrogen) atoms. The van der Waals surface area contributed by atoms with E-state index in [9.17, 15) is 0 Å². The van der Waals surface area contributed by atoms with Crippen molar-refractivity contribution in [3.63, 3.8) is 0 Å². The lowest BCUT2D eigenvalue weighted by Crippen LogP contribution is -2.17. The first kappa shape index (κ1) is 12.5. The van der Waals surface area contributed by atoms with Crippen LogP contribution in [0.1, 0.15) is 12.0 Å². The molecule has 94 valence electrons. The predicted molar refractivity (Wildman–Crippen MR) is 70.3 cm³/mol. The fourth-order valence-electron chi connectivity index (χ4n) is 1.57. The van der Waals surface area contributed by atoms with Crippen LogP contribution in [0.3, 0.4) is 0 Å². The van der Waals surface area contributed by atoms with Crippen LogP contribution in [0.4, 0.5) is 0 Å². The highest BCUT2D eigenvalue weighted by atomic mass is 16.5. The van der Waals surface area contributed by atoms with Crippen molar-refractivity contribution in [3.8, 4) is 5.88 Å². The Kier molecular flexibility index (Phi) is 5.14.